The number of hydrogen-bond donors (Lipinski definition) is 2. The molecule has 1 rings (SSSR count). The highest BCUT2D eigenvalue weighted by Crippen LogP contribution is 2.19. The third-order valence-electron chi connectivity index (χ3n) is 2.24. The van der Waals surface area contributed by atoms with Crippen LogP contribution in [0.2, 0.25) is 0 Å². The Balaban J connectivity index is 3.32. The third-order valence-corrected chi connectivity index (χ3v) is 2.24. The van der Waals surface area contributed by atoms with Crippen LogP contribution in [0.1, 0.15) is 18.1 Å². The minimum absolute atomic E-state index is 0.441. The summed E-state index contributed by atoms with van der Waals surface area (Å²) in [5.41, 5.74) is 8.39. The number of nitrogens with zero attached hydrogens (tertiary/aromatic N) is 1. The van der Waals surface area contributed by atoms with Gasteiger partial charge in [0.1, 0.15) is 5.84 Å². The second-order valence-corrected chi connectivity index (χ2v) is 3.06. The zero-order valence-corrected chi connectivity index (χ0v) is 8.95. The van der Waals surface area contributed by atoms with Gasteiger partial charge in [0.25, 0.3) is 0 Å². The van der Waals surface area contributed by atoms with E-state index in [9.17, 15) is 4.79 Å². The van der Waals surface area contributed by atoms with E-state index in [1.165, 1.54) is 0 Å². The smallest absolute Gasteiger partial charge is 0.211 e. The molecule has 0 atom stereocenters. The van der Waals surface area contributed by atoms with Gasteiger partial charge in [-0.25, -0.2) is 0 Å². The molecule has 1 amide bonds. The largest absolute Gasteiger partial charge is 0.383 e. The van der Waals surface area contributed by atoms with Crippen molar-refractivity contribution in [3.05, 3.63) is 29.3 Å². The van der Waals surface area contributed by atoms with Crippen LogP contribution in [0, 0.1) is 0 Å². The predicted molar refractivity (Wildman–Crippen MR) is 62.2 cm³/mol. The number of aliphatic imine (C=N–C) groups is 1. The maximum atomic E-state index is 10.4. The number of amides is 1. The van der Waals surface area contributed by atoms with Crippen molar-refractivity contribution in [1.29, 1.82) is 0 Å². The Morgan fingerprint density at radius 3 is 2.87 bits per heavy atom. The fourth-order valence-electron chi connectivity index (χ4n) is 1.49. The molecule has 0 fully saturated rings. The SMILES string of the molecule is CCc1cccc(NC=O)c1/C(N)=N\C. The molecule has 0 unspecified atom stereocenters. The second-order valence-electron chi connectivity index (χ2n) is 3.06. The highest BCUT2D eigenvalue weighted by molar-refractivity contribution is 6.05. The van der Waals surface area contributed by atoms with E-state index in [0.29, 0.717) is 17.9 Å². The van der Waals surface area contributed by atoms with Gasteiger partial charge < -0.3 is 11.1 Å². The molecular formula is C11H15N3O. The number of anilines is 1. The maximum absolute atomic E-state index is 10.4. The standard InChI is InChI=1S/C11H15N3O/c1-3-8-5-4-6-9(14-7-15)10(8)11(12)13-2/h4-7H,3H2,1-2H3,(H2,12,13)(H,14,15). The first kappa shape index (κ1) is 11.2. The number of nitrogens with two attached hydrogens (primary N) is 1. The number of benzene rings is 1. The van der Waals surface area contributed by atoms with E-state index in [2.05, 4.69) is 10.3 Å². The number of carbonyl (C=O) groups is 1. The lowest BCUT2D eigenvalue weighted by Gasteiger charge is -2.11. The van der Waals surface area contributed by atoms with Crippen molar-refractivity contribution in [3.63, 3.8) is 0 Å². The summed E-state index contributed by atoms with van der Waals surface area (Å²) in [6.07, 6.45) is 1.49. The number of rotatable bonds is 4. The van der Waals surface area contributed by atoms with Crippen molar-refractivity contribution in [2.75, 3.05) is 12.4 Å². The van der Waals surface area contributed by atoms with Crippen LogP contribution >= 0.6 is 0 Å². The normalized spacial score (nSPS) is 11.2. The molecule has 80 valence electrons. The van der Waals surface area contributed by atoms with E-state index in [1.54, 1.807) is 13.1 Å². The summed E-state index contributed by atoms with van der Waals surface area (Å²) < 4.78 is 0. The van der Waals surface area contributed by atoms with E-state index in [-0.39, 0.29) is 0 Å². The van der Waals surface area contributed by atoms with Crippen LogP contribution in [0.15, 0.2) is 23.2 Å². The molecule has 4 nitrogen and oxygen atoms in total. The van der Waals surface area contributed by atoms with Gasteiger partial charge in [0.2, 0.25) is 6.41 Å². The lowest BCUT2D eigenvalue weighted by molar-refractivity contribution is -0.105. The average molecular weight is 205 g/mol. The number of nitrogens with one attached hydrogen (secondary N) is 1. The van der Waals surface area contributed by atoms with Gasteiger partial charge >= 0.3 is 0 Å². The fourth-order valence-corrected chi connectivity index (χ4v) is 1.49. The monoisotopic (exact) mass is 205 g/mol. The highest BCUT2D eigenvalue weighted by Gasteiger charge is 2.09. The summed E-state index contributed by atoms with van der Waals surface area (Å²) >= 11 is 0. The number of hydrogen-bond acceptors (Lipinski definition) is 2. The molecule has 4 heteroatoms. The van der Waals surface area contributed by atoms with Crippen molar-refractivity contribution >= 4 is 17.9 Å². The molecule has 1 aromatic carbocycles. The van der Waals surface area contributed by atoms with Gasteiger partial charge in [-0.05, 0) is 18.1 Å². The minimum Gasteiger partial charge on any atom is -0.383 e. The van der Waals surface area contributed by atoms with Gasteiger partial charge in [0, 0.05) is 12.6 Å². The van der Waals surface area contributed by atoms with E-state index >= 15 is 0 Å². The van der Waals surface area contributed by atoms with E-state index < -0.39 is 0 Å². The summed E-state index contributed by atoms with van der Waals surface area (Å²) in [4.78, 5) is 14.4. The highest BCUT2D eigenvalue weighted by atomic mass is 16.1. The van der Waals surface area contributed by atoms with Gasteiger partial charge in [-0.3, -0.25) is 9.79 Å². The molecule has 0 bridgehead atoms. The molecule has 3 N–H and O–H groups in total. The maximum Gasteiger partial charge on any atom is 0.211 e. The summed E-state index contributed by atoms with van der Waals surface area (Å²) in [5.74, 6) is 0.441. The Hall–Kier alpha value is -1.84. The topological polar surface area (TPSA) is 67.5 Å². The average Bonchev–Trinajstić information content (AvgIpc) is 2.28. The van der Waals surface area contributed by atoms with Crippen LogP contribution < -0.4 is 11.1 Å². The van der Waals surface area contributed by atoms with Gasteiger partial charge in [0.05, 0.1) is 5.69 Å². The molecule has 0 aliphatic heterocycles. The molecule has 0 aliphatic carbocycles. The van der Waals surface area contributed by atoms with Crippen molar-refractivity contribution in [2.45, 2.75) is 13.3 Å². The first-order valence-corrected chi connectivity index (χ1v) is 4.79. The molecular weight excluding hydrogens is 190 g/mol. The van der Waals surface area contributed by atoms with Crippen molar-refractivity contribution in [1.82, 2.24) is 0 Å². The van der Waals surface area contributed by atoms with E-state index in [4.69, 9.17) is 5.73 Å². The molecule has 15 heavy (non-hydrogen) atoms. The summed E-state index contributed by atoms with van der Waals surface area (Å²) in [7, 11) is 1.63. The van der Waals surface area contributed by atoms with Crippen molar-refractivity contribution < 1.29 is 4.79 Å². The van der Waals surface area contributed by atoms with Crippen LogP contribution in [0.3, 0.4) is 0 Å². The second kappa shape index (κ2) is 5.14. The Bertz CT molecular complexity index is 385. The number of carbonyl (C=O) groups excluding carboxylic acids is 1. The van der Waals surface area contributed by atoms with Crippen molar-refractivity contribution in [2.24, 2.45) is 10.7 Å². The predicted octanol–water partition coefficient (Wildman–Crippen LogP) is 1.15. The minimum atomic E-state index is 0.441. The van der Waals surface area contributed by atoms with E-state index in [1.807, 2.05) is 19.1 Å². The van der Waals surface area contributed by atoms with Crippen LogP contribution in [0.25, 0.3) is 0 Å². The van der Waals surface area contributed by atoms with Gasteiger partial charge in [-0.1, -0.05) is 19.1 Å². The number of aryl methyl sites for hydroxylation is 1. The molecule has 0 saturated carbocycles. The Morgan fingerprint density at radius 2 is 2.33 bits per heavy atom. The first-order valence-electron chi connectivity index (χ1n) is 4.79. The zero-order chi connectivity index (χ0) is 11.3. The van der Waals surface area contributed by atoms with Crippen LogP contribution in [0.4, 0.5) is 5.69 Å². The Kier molecular flexibility index (Phi) is 3.85. The molecule has 1 aromatic rings. The molecule has 0 aliphatic rings. The van der Waals surface area contributed by atoms with Crippen molar-refractivity contribution in [3.8, 4) is 0 Å². The zero-order valence-electron chi connectivity index (χ0n) is 8.95. The van der Waals surface area contributed by atoms with Gasteiger partial charge in [0.15, 0.2) is 0 Å². The summed E-state index contributed by atoms with van der Waals surface area (Å²) in [5, 5.41) is 2.62. The summed E-state index contributed by atoms with van der Waals surface area (Å²) in [6, 6.07) is 5.67. The molecule has 0 radical (unpaired) electrons. The lowest BCUT2D eigenvalue weighted by atomic mass is 10.0. The number of amidine groups is 1. The quantitative estimate of drug-likeness (QED) is 0.440. The molecule has 0 heterocycles. The van der Waals surface area contributed by atoms with Gasteiger partial charge in [-0.15, -0.1) is 0 Å². The molecule has 0 aromatic heterocycles. The third kappa shape index (κ3) is 2.34. The van der Waals surface area contributed by atoms with Gasteiger partial charge in [-0.2, -0.15) is 0 Å². The van der Waals surface area contributed by atoms with Crippen LogP contribution in [-0.2, 0) is 11.2 Å². The lowest BCUT2D eigenvalue weighted by Crippen LogP contribution is -2.18. The molecule has 0 saturated heterocycles. The van der Waals surface area contributed by atoms with E-state index in [0.717, 1.165) is 17.5 Å². The van der Waals surface area contributed by atoms with Crippen LogP contribution in [-0.4, -0.2) is 19.3 Å². The van der Waals surface area contributed by atoms with Crippen LogP contribution in [0.5, 0.6) is 0 Å². The Labute approximate surface area is 89.2 Å². The fraction of sp³-hybridized carbons (Fsp3) is 0.273. The summed E-state index contributed by atoms with van der Waals surface area (Å²) in [6.45, 7) is 2.03. The first-order chi connectivity index (χ1) is 7.24. The Morgan fingerprint density at radius 1 is 1.60 bits per heavy atom. The molecule has 0 spiro atoms.